The minimum atomic E-state index is -0.00292. The summed E-state index contributed by atoms with van der Waals surface area (Å²) in [6.45, 7) is 4.62. The van der Waals surface area contributed by atoms with Crippen LogP contribution >= 0.6 is 11.3 Å². The molecule has 1 aliphatic rings. The van der Waals surface area contributed by atoms with Gasteiger partial charge < -0.3 is 15.0 Å². The van der Waals surface area contributed by atoms with Crippen LogP contribution in [0.5, 0.6) is 0 Å². The van der Waals surface area contributed by atoms with Crippen molar-refractivity contribution < 1.29 is 9.53 Å². The van der Waals surface area contributed by atoms with E-state index in [4.69, 9.17) is 4.74 Å². The molecule has 1 saturated heterocycles. The van der Waals surface area contributed by atoms with Gasteiger partial charge >= 0.3 is 6.03 Å². The van der Waals surface area contributed by atoms with Crippen molar-refractivity contribution in [2.45, 2.75) is 38.9 Å². The SMILES string of the molecule is Cc1ncsc1CCNC(=O)N1CCCC(OCc2cccnc2)C1. The fourth-order valence-corrected chi connectivity index (χ4v) is 3.70. The third kappa shape index (κ3) is 5.24. The number of aromatic nitrogens is 2. The quantitative estimate of drug-likeness (QED) is 0.860. The van der Waals surface area contributed by atoms with Crippen LogP contribution in [0.3, 0.4) is 0 Å². The standard InChI is InChI=1S/C18H24N4O2S/c1-14-17(25-13-21-14)6-8-20-18(23)22-9-3-5-16(11-22)24-12-15-4-2-7-19-10-15/h2,4,7,10,13,16H,3,5-6,8-9,11-12H2,1H3,(H,20,23). The van der Waals surface area contributed by atoms with E-state index in [2.05, 4.69) is 15.3 Å². The molecule has 1 N–H and O–H groups in total. The number of hydrogen-bond donors (Lipinski definition) is 1. The van der Waals surface area contributed by atoms with Gasteiger partial charge in [-0.15, -0.1) is 11.3 Å². The fraction of sp³-hybridized carbons (Fsp3) is 0.500. The molecule has 2 aromatic heterocycles. The number of carbonyl (C=O) groups is 1. The van der Waals surface area contributed by atoms with Crippen LogP contribution in [0.1, 0.15) is 29.0 Å². The summed E-state index contributed by atoms with van der Waals surface area (Å²) in [5.41, 5.74) is 3.96. The molecule has 3 heterocycles. The summed E-state index contributed by atoms with van der Waals surface area (Å²) in [4.78, 5) is 23.8. The predicted octanol–water partition coefficient (Wildman–Crippen LogP) is 2.78. The van der Waals surface area contributed by atoms with Crippen LogP contribution in [0.25, 0.3) is 0 Å². The molecule has 0 bridgehead atoms. The van der Waals surface area contributed by atoms with Crippen LogP contribution in [0.4, 0.5) is 4.79 Å². The lowest BCUT2D eigenvalue weighted by atomic mass is 10.1. The topological polar surface area (TPSA) is 67.4 Å². The number of nitrogens with zero attached hydrogens (tertiary/aromatic N) is 3. The average molecular weight is 360 g/mol. The van der Waals surface area contributed by atoms with E-state index in [0.29, 0.717) is 19.7 Å². The predicted molar refractivity (Wildman–Crippen MR) is 97.6 cm³/mol. The lowest BCUT2D eigenvalue weighted by Gasteiger charge is -2.32. The molecule has 1 unspecified atom stereocenters. The van der Waals surface area contributed by atoms with Crippen LogP contribution in [-0.2, 0) is 17.8 Å². The molecule has 2 aromatic rings. The van der Waals surface area contributed by atoms with Crippen LogP contribution in [-0.4, -0.2) is 46.6 Å². The fourth-order valence-electron chi connectivity index (χ4n) is 2.92. The molecule has 1 aliphatic heterocycles. The number of piperidine rings is 1. The van der Waals surface area contributed by atoms with Gasteiger partial charge in [0.25, 0.3) is 0 Å². The smallest absolute Gasteiger partial charge is 0.317 e. The van der Waals surface area contributed by atoms with Crippen LogP contribution in [0, 0.1) is 6.92 Å². The molecule has 3 rings (SSSR count). The Morgan fingerprint density at radius 1 is 1.52 bits per heavy atom. The molecule has 7 heteroatoms. The van der Waals surface area contributed by atoms with E-state index in [1.165, 1.54) is 4.88 Å². The zero-order valence-corrected chi connectivity index (χ0v) is 15.3. The first-order valence-corrected chi connectivity index (χ1v) is 9.52. The van der Waals surface area contributed by atoms with Gasteiger partial charge in [0, 0.05) is 43.3 Å². The summed E-state index contributed by atoms with van der Waals surface area (Å²) in [6, 6.07) is 3.91. The average Bonchev–Trinajstić information content (AvgIpc) is 3.06. The Morgan fingerprint density at radius 3 is 3.20 bits per heavy atom. The molecule has 0 saturated carbocycles. The lowest BCUT2D eigenvalue weighted by molar-refractivity contribution is -0.000400. The van der Waals surface area contributed by atoms with Crippen molar-refractivity contribution in [1.29, 1.82) is 0 Å². The molecular formula is C18H24N4O2S. The number of hydrogen-bond acceptors (Lipinski definition) is 5. The highest BCUT2D eigenvalue weighted by atomic mass is 32.1. The van der Waals surface area contributed by atoms with E-state index >= 15 is 0 Å². The van der Waals surface area contributed by atoms with Gasteiger partial charge in [0.1, 0.15) is 0 Å². The molecule has 1 atom stereocenters. The number of urea groups is 1. The molecule has 134 valence electrons. The maximum absolute atomic E-state index is 12.4. The van der Waals surface area contributed by atoms with Crippen molar-refractivity contribution in [3.63, 3.8) is 0 Å². The summed E-state index contributed by atoms with van der Waals surface area (Å²) in [6.07, 6.45) is 6.45. The molecule has 6 nitrogen and oxygen atoms in total. The second-order valence-electron chi connectivity index (χ2n) is 6.23. The van der Waals surface area contributed by atoms with E-state index in [1.807, 2.05) is 35.7 Å². The summed E-state index contributed by atoms with van der Waals surface area (Å²) < 4.78 is 5.96. The number of carbonyl (C=O) groups excluding carboxylic acids is 1. The molecule has 0 aromatic carbocycles. The largest absolute Gasteiger partial charge is 0.372 e. The third-order valence-corrected chi connectivity index (χ3v) is 5.34. The summed E-state index contributed by atoms with van der Waals surface area (Å²) in [5, 5.41) is 3.01. The molecule has 0 radical (unpaired) electrons. The summed E-state index contributed by atoms with van der Waals surface area (Å²) in [7, 11) is 0. The first kappa shape index (κ1) is 17.8. The van der Waals surface area contributed by atoms with E-state index in [0.717, 1.165) is 37.1 Å². The molecule has 0 spiro atoms. The lowest BCUT2D eigenvalue weighted by Crippen LogP contribution is -2.48. The number of likely N-dealkylation sites (tertiary alicyclic amines) is 1. The van der Waals surface area contributed by atoms with Crippen LogP contribution < -0.4 is 5.32 Å². The van der Waals surface area contributed by atoms with Crippen molar-refractivity contribution in [1.82, 2.24) is 20.2 Å². The highest BCUT2D eigenvalue weighted by Crippen LogP contribution is 2.15. The number of nitrogens with one attached hydrogen (secondary N) is 1. The van der Waals surface area contributed by atoms with Crippen molar-refractivity contribution in [2.24, 2.45) is 0 Å². The van der Waals surface area contributed by atoms with Gasteiger partial charge in [0.15, 0.2) is 0 Å². The normalized spacial score (nSPS) is 17.5. The Labute approximate surface area is 152 Å². The van der Waals surface area contributed by atoms with Gasteiger partial charge in [-0.05, 0) is 31.4 Å². The molecular weight excluding hydrogens is 336 g/mol. The van der Waals surface area contributed by atoms with Gasteiger partial charge in [0.05, 0.1) is 23.9 Å². The number of rotatable bonds is 6. The number of ether oxygens (including phenoxy) is 1. The first-order chi connectivity index (χ1) is 12.2. The summed E-state index contributed by atoms with van der Waals surface area (Å²) in [5.74, 6) is 0. The zero-order valence-electron chi connectivity index (χ0n) is 14.5. The third-order valence-electron chi connectivity index (χ3n) is 4.35. The van der Waals surface area contributed by atoms with Gasteiger partial charge in [-0.3, -0.25) is 4.98 Å². The van der Waals surface area contributed by atoms with Crippen molar-refractivity contribution >= 4 is 17.4 Å². The highest BCUT2D eigenvalue weighted by Gasteiger charge is 2.24. The number of amides is 2. The maximum atomic E-state index is 12.4. The number of thiazole rings is 1. The maximum Gasteiger partial charge on any atom is 0.317 e. The first-order valence-electron chi connectivity index (χ1n) is 8.64. The van der Waals surface area contributed by atoms with E-state index in [9.17, 15) is 4.79 Å². The van der Waals surface area contributed by atoms with Crippen LogP contribution in [0.2, 0.25) is 0 Å². The van der Waals surface area contributed by atoms with E-state index < -0.39 is 0 Å². The monoisotopic (exact) mass is 360 g/mol. The molecule has 2 amide bonds. The minimum Gasteiger partial charge on any atom is -0.372 e. The molecule has 1 fully saturated rings. The zero-order chi connectivity index (χ0) is 17.5. The number of aryl methyl sites for hydroxylation is 1. The summed E-state index contributed by atoms with van der Waals surface area (Å²) >= 11 is 1.64. The Kier molecular flexibility index (Phi) is 6.36. The van der Waals surface area contributed by atoms with Crippen molar-refractivity contribution in [3.8, 4) is 0 Å². The van der Waals surface area contributed by atoms with E-state index in [1.54, 1.807) is 17.5 Å². The van der Waals surface area contributed by atoms with Gasteiger partial charge in [-0.25, -0.2) is 9.78 Å². The Balaban J connectivity index is 1.41. The Hall–Kier alpha value is -1.99. The van der Waals surface area contributed by atoms with Crippen molar-refractivity contribution in [2.75, 3.05) is 19.6 Å². The van der Waals surface area contributed by atoms with Gasteiger partial charge in [-0.2, -0.15) is 0 Å². The number of pyridine rings is 1. The van der Waals surface area contributed by atoms with Crippen molar-refractivity contribution in [3.05, 3.63) is 46.2 Å². The molecule has 25 heavy (non-hydrogen) atoms. The second-order valence-corrected chi connectivity index (χ2v) is 7.16. The Morgan fingerprint density at radius 2 is 2.44 bits per heavy atom. The molecule has 0 aliphatic carbocycles. The Bertz CT molecular complexity index is 677. The van der Waals surface area contributed by atoms with Gasteiger partial charge in [-0.1, -0.05) is 6.07 Å². The second kappa shape index (κ2) is 8.92. The van der Waals surface area contributed by atoms with E-state index in [-0.39, 0.29) is 12.1 Å². The minimum absolute atomic E-state index is 0.00292. The highest BCUT2D eigenvalue weighted by molar-refractivity contribution is 7.09. The van der Waals surface area contributed by atoms with Crippen LogP contribution in [0.15, 0.2) is 30.0 Å². The van der Waals surface area contributed by atoms with Gasteiger partial charge in [0.2, 0.25) is 0 Å².